The molecule has 2 N–H and O–H groups in total. The van der Waals surface area contributed by atoms with E-state index in [-0.39, 0.29) is 11.5 Å². The Hall–Kier alpha value is -2.95. The average Bonchev–Trinajstić information content (AvgIpc) is 2.94. The summed E-state index contributed by atoms with van der Waals surface area (Å²) in [5, 5.41) is 2.74. The lowest BCUT2D eigenvalue weighted by molar-refractivity contribution is 0.102. The van der Waals surface area contributed by atoms with Gasteiger partial charge in [-0.1, -0.05) is 18.2 Å². The quantitative estimate of drug-likeness (QED) is 0.772. The number of halogens is 1. The van der Waals surface area contributed by atoms with Crippen molar-refractivity contribution < 1.29 is 9.18 Å². The molecule has 5 heteroatoms. The summed E-state index contributed by atoms with van der Waals surface area (Å²) < 4.78 is 13.1. The first-order valence-electron chi connectivity index (χ1n) is 6.81. The first kappa shape index (κ1) is 14.0. The van der Waals surface area contributed by atoms with Gasteiger partial charge in [-0.15, -0.1) is 0 Å². The zero-order valence-electron chi connectivity index (χ0n) is 11.9. The van der Waals surface area contributed by atoms with E-state index >= 15 is 0 Å². The van der Waals surface area contributed by atoms with Gasteiger partial charge in [-0.2, -0.15) is 0 Å². The number of aryl methyl sites for hydroxylation is 1. The van der Waals surface area contributed by atoms with Crippen molar-refractivity contribution in [2.45, 2.75) is 6.92 Å². The molecular weight excluding hydrogens is 281 g/mol. The molecule has 2 aromatic carbocycles. The number of carbonyl (C=O) groups is 1. The van der Waals surface area contributed by atoms with Crippen molar-refractivity contribution >= 4 is 11.6 Å². The number of anilines is 1. The molecule has 0 atom stereocenters. The first-order valence-corrected chi connectivity index (χ1v) is 6.81. The van der Waals surface area contributed by atoms with Crippen LogP contribution in [-0.4, -0.2) is 15.9 Å². The number of carbonyl (C=O) groups excluding carboxylic acids is 1. The van der Waals surface area contributed by atoms with Crippen molar-refractivity contribution in [1.29, 1.82) is 0 Å². The second-order valence-electron chi connectivity index (χ2n) is 4.92. The third-order valence-electron chi connectivity index (χ3n) is 3.33. The molecule has 0 fully saturated rings. The molecule has 110 valence electrons. The molecule has 1 heterocycles. The summed E-state index contributed by atoms with van der Waals surface area (Å²) in [6, 6.07) is 12.9. The minimum atomic E-state index is -0.433. The normalized spacial score (nSPS) is 10.5. The molecule has 0 saturated carbocycles. The van der Waals surface area contributed by atoms with Crippen LogP contribution in [0, 0.1) is 12.7 Å². The standard InChI is InChI=1S/C17H14FN3O/c1-11-16(20-10-19-11)12-5-7-15(8-6-12)21-17(22)13-3-2-4-14(18)9-13/h2-10H,1H3,(H,19,20)(H,21,22). The third-order valence-corrected chi connectivity index (χ3v) is 3.33. The number of nitrogens with one attached hydrogen (secondary N) is 2. The Kier molecular flexibility index (Phi) is 3.70. The van der Waals surface area contributed by atoms with Crippen LogP contribution in [0.15, 0.2) is 54.9 Å². The van der Waals surface area contributed by atoms with Crippen LogP contribution < -0.4 is 5.32 Å². The summed E-state index contributed by atoms with van der Waals surface area (Å²) in [6.45, 7) is 1.95. The molecule has 0 aliphatic carbocycles. The Labute approximate surface area is 127 Å². The number of hydrogen-bond acceptors (Lipinski definition) is 2. The molecule has 0 spiro atoms. The van der Waals surface area contributed by atoms with Crippen molar-refractivity contribution in [2.75, 3.05) is 5.32 Å². The second-order valence-corrected chi connectivity index (χ2v) is 4.92. The molecule has 0 aliphatic rings. The van der Waals surface area contributed by atoms with Crippen LogP contribution in [0.5, 0.6) is 0 Å². The fourth-order valence-electron chi connectivity index (χ4n) is 2.19. The Bertz CT molecular complexity index is 809. The molecule has 4 nitrogen and oxygen atoms in total. The Morgan fingerprint density at radius 3 is 2.59 bits per heavy atom. The molecule has 0 bridgehead atoms. The largest absolute Gasteiger partial charge is 0.348 e. The third kappa shape index (κ3) is 2.88. The van der Waals surface area contributed by atoms with Crippen LogP contribution >= 0.6 is 0 Å². The highest BCUT2D eigenvalue weighted by Gasteiger charge is 2.08. The highest BCUT2D eigenvalue weighted by atomic mass is 19.1. The molecular formula is C17H14FN3O. The van der Waals surface area contributed by atoms with Gasteiger partial charge in [0.15, 0.2) is 0 Å². The Morgan fingerprint density at radius 2 is 1.95 bits per heavy atom. The monoisotopic (exact) mass is 295 g/mol. The zero-order valence-corrected chi connectivity index (χ0v) is 11.9. The van der Waals surface area contributed by atoms with E-state index in [9.17, 15) is 9.18 Å². The van der Waals surface area contributed by atoms with Crippen molar-refractivity contribution in [3.05, 3.63) is 71.9 Å². The highest BCUT2D eigenvalue weighted by Crippen LogP contribution is 2.22. The molecule has 1 amide bonds. The van der Waals surface area contributed by atoms with Gasteiger partial charge in [-0.05, 0) is 37.3 Å². The molecule has 0 unspecified atom stereocenters. The number of benzene rings is 2. The van der Waals surface area contributed by atoms with Crippen LogP contribution in [0.3, 0.4) is 0 Å². The molecule has 3 aromatic rings. The van der Waals surface area contributed by atoms with Gasteiger partial charge in [-0.25, -0.2) is 9.37 Å². The number of H-pyrrole nitrogens is 1. The van der Waals surface area contributed by atoms with Crippen molar-refractivity contribution in [3.8, 4) is 11.3 Å². The molecule has 3 rings (SSSR count). The topological polar surface area (TPSA) is 57.8 Å². The van der Waals surface area contributed by atoms with Gasteiger partial charge < -0.3 is 10.3 Å². The summed E-state index contributed by atoms with van der Waals surface area (Å²) in [6.07, 6.45) is 1.64. The minimum absolute atomic E-state index is 0.284. The van der Waals surface area contributed by atoms with Crippen molar-refractivity contribution in [1.82, 2.24) is 9.97 Å². The maximum Gasteiger partial charge on any atom is 0.255 e. The summed E-state index contributed by atoms with van der Waals surface area (Å²) in [4.78, 5) is 19.3. The predicted molar refractivity (Wildman–Crippen MR) is 83.1 cm³/mol. The van der Waals surface area contributed by atoms with Crippen molar-refractivity contribution in [3.63, 3.8) is 0 Å². The number of aromatic nitrogens is 2. The van der Waals surface area contributed by atoms with E-state index in [0.29, 0.717) is 5.69 Å². The maximum atomic E-state index is 13.1. The lowest BCUT2D eigenvalue weighted by atomic mass is 10.1. The van der Waals surface area contributed by atoms with E-state index in [0.717, 1.165) is 17.0 Å². The number of aromatic amines is 1. The summed E-state index contributed by atoms with van der Waals surface area (Å²) >= 11 is 0. The van der Waals surface area contributed by atoms with Gasteiger partial charge in [0.1, 0.15) is 5.82 Å². The number of nitrogens with zero attached hydrogens (tertiary/aromatic N) is 1. The second kappa shape index (κ2) is 5.81. The molecule has 0 aliphatic heterocycles. The van der Waals surface area contributed by atoms with E-state index < -0.39 is 5.82 Å². The predicted octanol–water partition coefficient (Wildman–Crippen LogP) is 3.78. The van der Waals surface area contributed by atoms with Crippen LogP contribution in [0.4, 0.5) is 10.1 Å². The first-order chi connectivity index (χ1) is 10.6. The molecule has 22 heavy (non-hydrogen) atoms. The van der Waals surface area contributed by atoms with Gasteiger partial charge >= 0.3 is 0 Å². The van der Waals surface area contributed by atoms with E-state index in [1.807, 2.05) is 19.1 Å². The number of rotatable bonds is 3. The minimum Gasteiger partial charge on any atom is -0.348 e. The van der Waals surface area contributed by atoms with Crippen LogP contribution in [0.25, 0.3) is 11.3 Å². The van der Waals surface area contributed by atoms with Crippen molar-refractivity contribution in [2.24, 2.45) is 0 Å². The van der Waals surface area contributed by atoms with Gasteiger partial charge in [0.2, 0.25) is 0 Å². The number of hydrogen-bond donors (Lipinski definition) is 2. The fraction of sp³-hybridized carbons (Fsp3) is 0.0588. The maximum absolute atomic E-state index is 13.1. The average molecular weight is 295 g/mol. The van der Waals surface area contributed by atoms with E-state index in [2.05, 4.69) is 15.3 Å². The van der Waals surface area contributed by atoms with Gasteiger partial charge in [0.05, 0.1) is 12.0 Å². The fourth-order valence-corrected chi connectivity index (χ4v) is 2.19. The Morgan fingerprint density at radius 1 is 1.18 bits per heavy atom. The van der Waals surface area contributed by atoms with Gasteiger partial charge in [0, 0.05) is 22.5 Å². The van der Waals surface area contributed by atoms with Gasteiger partial charge in [0.25, 0.3) is 5.91 Å². The number of amides is 1. The summed E-state index contributed by atoms with van der Waals surface area (Å²) in [7, 11) is 0. The SMILES string of the molecule is Cc1[nH]cnc1-c1ccc(NC(=O)c2cccc(F)c2)cc1. The van der Waals surface area contributed by atoms with E-state index in [4.69, 9.17) is 0 Å². The van der Waals surface area contributed by atoms with Crippen LogP contribution in [0.2, 0.25) is 0 Å². The molecule has 0 saturated heterocycles. The summed E-state index contributed by atoms with van der Waals surface area (Å²) in [5.74, 6) is -0.778. The van der Waals surface area contributed by atoms with Crippen LogP contribution in [-0.2, 0) is 0 Å². The smallest absolute Gasteiger partial charge is 0.255 e. The Balaban J connectivity index is 1.76. The van der Waals surface area contributed by atoms with E-state index in [1.165, 1.54) is 18.2 Å². The highest BCUT2D eigenvalue weighted by molar-refractivity contribution is 6.04. The number of imidazole rings is 1. The van der Waals surface area contributed by atoms with Gasteiger partial charge in [-0.3, -0.25) is 4.79 Å². The zero-order chi connectivity index (χ0) is 15.5. The lowest BCUT2D eigenvalue weighted by Gasteiger charge is -2.06. The van der Waals surface area contributed by atoms with Crippen LogP contribution in [0.1, 0.15) is 16.1 Å². The molecule has 0 radical (unpaired) electrons. The lowest BCUT2D eigenvalue weighted by Crippen LogP contribution is -2.11. The molecule has 1 aromatic heterocycles. The van der Waals surface area contributed by atoms with E-state index in [1.54, 1.807) is 24.5 Å². The summed E-state index contributed by atoms with van der Waals surface area (Å²) in [5.41, 5.74) is 3.75.